The van der Waals surface area contributed by atoms with Crippen LogP contribution in [-0.2, 0) is 11.3 Å². The van der Waals surface area contributed by atoms with Crippen molar-refractivity contribution < 1.29 is 18.8 Å². The average molecular weight is 271 g/mol. The number of carbonyl (C=O) groups is 1. The van der Waals surface area contributed by atoms with Gasteiger partial charge in [-0.15, -0.1) is 0 Å². The molecule has 0 unspecified atom stereocenters. The smallest absolute Gasteiger partial charge is 0.290 e. The molecule has 0 atom stereocenters. The van der Waals surface area contributed by atoms with Crippen LogP contribution in [0.2, 0.25) is 0 Å². The number of anilines is 1. The Labute approximate surface area is 116 Å². The number of amides is 1. The van der Waals surface area contributed by atoms with Crippen LogP contribution in [0.4, 0.5) is 5.69 Å². The Hall–Kier alpha value is -2.56. The minimum atomic E-state index is -0.0838. The highest BCUT2D eigenvalue weighted by Crippen LogP contribution is 2.34. The summed E-state index contributed by atoms with van der Waals surface area (Å²) in [5.41, 5.74) is 1.82. The van der Waals surface area contributed by atoms with Gasteiger partial charge in [-0.25, -0.2) is 0 Å². The third kappa shape index (κ3) is 2.71. The van der Waals surface area contributed by atoms with Crippen molar-refractivity contribution in [3.8, 4) is 11.5 Å². The van der Waals surface area contributed by atoms with Gasteiger partial charge >= 0.3 is 0 Å². The van der Waals surface area contributed by atoms with Crippen LogP contribution in [0, 0.1) is 6.92 Å². The van der Waals surface area contributed by atoms with Crippen molar-refractivity contribution in [2.45, 2.75) is 13.5 Å². The van der Waals surface area contributed by atoms with E-state index in [4.69, 9.17) is 9.47 Å². The van der Waals surface area contributed by atoms with Crippen LogP contribution < -0.4 is 19.4 Å². The molecule has 0 bridgehead atoms. The summed E-state index contributed by atoms with van der Waals surface area (Å²) < 4.78 is 12.3. The Morgan fingerprint density at radius 2 is 2.15 bits per heavy atom. The highest BCUT2D eigenvalue weighted by Gasteiger charge is 2.15. The third-order valence-corrected chi connectivity index (χ3v) is 2.99. The van der Waals surface area contributed by atoms with Gasteiger partial charge in [-0.2, -0.15) is 4.57 Å². The van der Waals surface area contributed by atoms with E-state index in [1.165, 1.54) is 0 Å². The Kier molecular flexibility index (Phi) is 3.25. The summed E-state index contributed by atoms with van der Waals surface area (Å²) in [6, 6.07) is 9.26. The number of hydrogen-bond donors (Lipinski definition) is 1. The number of hydrogen-bond acceptors (Lipinski definition) is 3. The van der Waals surface area contributed by atoms with Gasteiger partial charge in [-0.1, -0.05) is 0 Å². The van der Waals surface area contributed by atoms with E-state index in [1.54, 1.807) is 18.2 Å². The molecule has 1 N–H and O–H groups in total. The molecule has 1 aliphatic heterocycles. The first-order chi connectivity index (χ1) is 9.70. The molecule has 1 aromatic heterocycles. The molecular weight excluding hydrogens is 256 g/mol. The predicted octanol–water partition coefficient (Wildman–Crippen LogP) is 1.65. The number of ether oxygens (including phenoxy) is 2. The summed E-state index contributed by atoms with van der Waals surface area (Å²) in [5, 5.41) is 2.84. The van der Waals surface area contributed by atoms with Crippen LogP contribution in [-0.4, -0.2) is 12.7 Å². The average Bonchev–Trinajstić information content (AvgIpc) is 2.86. The van der Waals surface area contributed by atoms with Gasteiger partial charge in [0.2, 0.25) is 13.3 Å². The molecule has 2 heterocycles. The van der Waals surface area contributed by atoms with Crippen LogP contribution in [0.5, 0.6) is 11.5 Å². The topological polar surface area (TPSA) is 51.4 Å². The minimum Gasteiger partial charge on any atom is -0.454 e. The number of benzene rings is 1. The number of fused-ring (bicyclic) bond motifs is 1. The van der Waals surface area contributed by atoms with Crippen molar-refractivity contribution >= 4 is 11.6 Å². The van der Waals surface area contributed by atoms with E-state index in [2.05, 4.69) is 5.32 Å². The molecule has 3 rings (SSSR count). The summed E-state index contributed by atoms with van der Waals surface area (Å²) in [4.78, 5) is 12.0. The molecule has 0 fully saturated rings. The summed E-state index contributed by atoms with van der Waals surface area (Å²) in [6.45, 7) is 2.49. The lowest BCUT2D eigenvalue weighted by atomic mass is 10.2. The highest BCUT2D eigenvalue weighted by molar-refractivity contribution is 5.90. The van der Waals surface area contributed by atoms with E-state index in [0.717, 1.165) is 5.56 Å². The van der Waals surface area contributed by atoms with Gasteiger partial charge < -0.3 is 14.8 Å². The normalized spacial score (nSPS) is 12.2. The summed E-state index contributed by atoms with van der Waals surface area (Å²) in [6.07, 6.45) is 3.80. The molecule has 0 radical (unpaired) electrons. The van der Waals surface area contributed by atoms with Gasteiger partial charge in [0, 0.05) is 23.4 Å². The van der Waals surface area contributed by atoms with Crippen molar-refractivity contribution in [2.24, 2.45) is 0 Å². The van der Waals surface area contributed by atoms with E-state index in [9.17, 15) is 4.79 Å². The molecule has 0 aliphatic carbocycles. The molecule has 0 spiro atoms. The zero-order chi connectivity index (χ0) is 13.9. The second kappa shape index (κ2) is 5.21. The first-order valence-corrected chi connectivity index (χ1v) is 6.36. The van der Waals surface area contributed by atoms with Crippen molar-refractivity contribution in [1.82, 2.24) is 0 Å². The molecule has 0 saturated carbocycles. The number of carbonyl (C=O) groups excluding carboxylic acids is 1. The first kappa shape index (κ1) is 12.5. The van der Waals surface area contributed by atoms with Crippen LogP contribution in [0.3, 0.4) is 0 Å². The number of aryl methyl sites for hydroxylation is 1. The van der Waals surface area contributed by atoms with Crippen molar-refractivity contribution in [1.29, 1.82) is 0 Å². The Morgan fingerprint density at radius 1 is 1.30 bits per heavy atom. The Balaban J connectivity index is 1.67. The van der Waals surface area contributed by atoms with Gasteiger partial charge in [0.05, 0.1) is 0 Å². The lowest BCUT2D eigenvalue weighted by molar-refractivity contribution is -0.684. The monoisotopic (exact) mass is 271 g/mol. The Bertz CT molecular complexity index is 655. The van der Waals surface area contributed by atoms with Crippen LogP contribution in [0.25, 0.3) is 0 Å². The molecule has 2 aromatic rings. The standard InChI is InChI=1S/C15H14N2O3/c1-11-3-2-6-17(8-11)9-15(18)16-12-4-5-13-14(7-12)20-10-19-13/h2-8H,9-10H2,1H3/p+1. The van der Waals surface area contributed by atoms with Gasteiger partial charge in [0.1, 0.15) is 0 Å². The van der Waals surface area contributed by atoms with E-state index < -0.39 is 0 Å². The van der Waals surface area contributed by atoms with Crippen LogP contribution in [0.15, 0.2) is 42.7 Å². The minimum absolute atomic E-state index is 0.0838. The van der Waals surface area contributed by atoms with Gasteiger partial charge in [0.25, 0.3) is 5.91 Å². The van der Waals surface area contributed by atoms with Gasteiger partial charge in [-0.3, -0.25) is 4.79 Å². The summed E-state index contributed by atoms with van der Waals surface area (Å²) in [5.74, 6) is 1.28. The molecule has 1 aromatic carbocycles. The molecular formula is C15H15N2O3+. The number of rotatable bonds is 3. The fourth-order valence-corrected chi connectivity index (χ4v) is 2.09. The number of nitrogens with zero attached hydrogens (tertiary/aromatic N) is 1. The lowest BCUT2D eigenvalue weighted by Gasteiger charge is -2.04. The third-order valence-electron chi connectivity index (χ3n) is 2.99. The number of nitrogens with one attached hydrogen (secondary N) is 1. The number of pyridine rings is 1. The first-order valence-electron chi connectivity index (χ1n) is 6.36. The molecule has 1 amide bonds. The SMILES string of the molecule is Cc1ccc[n+](CC(=O)Nc2ccc3c(c2)OCO3)c1. The molecule has 5 nitrogen and oxygen atoms in total. The van der Waals surface area contributed by atoms with Crippen molar-refractivity contribution in [3.05, 3.63) is 48.3 Å². The maximum absolute atomic E-state index is 12.0. The van der Waals surface area contributed by atoms with E-state index in [1.807, 2.05) is 36.0 Å². The van der Waals surface area contributed by atoms with E-state index in [-0.39, 0.29) is 19.2 Å². The van der Waals surface area contributed by atoms with Crippen molar-refractivity contribution in [2.75, 3.05) is 12.1 Å². The number of aromatic nitrogens is 1. The molecule has 102 valence electrons. The van der Waals surface area contributed by atoms with E-state index >= 15 is 0 Å². The van der Waals surface area contributed by atoms with Crippen molar-refractivity contribution in [3.63, 3.8) is 0 Å². The summed E-state index contributed by atoms with van der Waals surface area (Å²) >= 11 is 0. The summed E-state index contributed by atoms with van der Waals surface area (Å²) in [7, 11) is 0. The quantitative estimate of drug-likeness (QED) is 0.864. The lowest BCUT2D eigenvalue weighted by Crippen LogP contribution is -2.39. The zero-order valence-corrected chi connectivity index (χ0v) is 11.1. The molecule has 20 heavy (non-hydrogen) atoms. The second-order valence-corrected chi connectivity index (χ2v) is 4.67. The fourth-order valence-electron chi connectivity index (χ4n) is 2.09. The van der Waals surface area contributed by atoms with Gasteiger partial charge in [-0.05, 0) is 25.1 Å². The maximum Gasteiger partial charge on any atom is 0.290 e. The molecule has 0 saturated heterocycles. The van der Waals surface area contributed by atoms with E-state index in [0.29, 0.717) is 17.2 Å². The van der Waals surface area contributed by atoms with Crippen LogP contribution in [0.1, 0.15) is 5.56 Å². The van der Waals surface area contributed by atoms with Gasteiger partial charge in [0.15, 0.2) is 23.9 Å². The fraction of sp³-hybridized carbons (Fsp3) is 0.200. The molecule has 1 aliphatic rings. The maximum atomic E-state index is 12.0. The largest absolute Gasteiger partial charge is 0.454 e. The highest BCUT2D eigenvalue weighted by atomic mass is 16.7. The second-order valence-electron chi connectivity index (χ2n) is 4.67. The Morgan fingerprint density at radius 3 is 3.00 bits per heavy atom. The molecule has 5 heteroatoms. The predicted molar refractivity (Wildman–Crippen MR) is 72.6 cm³/mol. The zero-order valence-electron chi connectivity index (χ0n) is 11.1. The van der Waals surface area contributed by atoms with Crippen LogP contribution >= 0.6 is 0 Å².